The van der Waals surface area contributed by atoms with Crippen LogP contribution >= 0.6 is 7.67 Å². The van der Waals surface area contributed by atoms with Crippen LogP contribution in [0, 0.1) is 0 Å². The van der Waals surface area contributed by atoms with Gasteiger partial charge in [0.05, 0.1) is 5.56 Å². The van der Waals surface area contributed by atoms with Crippen LogP contribution in [-0.2, 0) is 4.57 Å². The molecule has 2 aromatic rings. The van der Waals surface area contributed by atoms with E-state index < -0.39 is 7.67 Å². The van der Waals surface area contributed by atoms with E-state index in [1.807, 2.05) is 0 Å². The van der Waals surface area contributed by atoms with Gasteiger partial charge in [-0.05, 0) is 12.1 Å². The Morgan fingerprint density at radius 2 is 2.24 bits per heavy atom. The van der Waals surface area contributed by atoms with Crippen LogP contribution < -0.4 is 10.6 Å². The van der Waals surface area contributed by atoms with E-state index in [1.165, 1.54) is 12.1 Å². The fourth-order valence-corrected chi connectivity index (χ4v) is 1.91. The lowest BCUT2D eigenvalue weighted by molar-refractivity contribution is 0.477. The largest absolute Gasteiger partial charge is 0.507 e. The number of benzene rings is 1. The summed E-state index contributed by atoms with van der Waals surface area (Å²) in [5.41, 5.74) is 5.70. The predicted molar refractivity (Wildman–Crippen MR) is 63.3 cm³/mol. The molecule has 1 aromatic heterocycles. The van der Waals surface area contributed by atoms with Gasteiger partial charge >= 0.3 is 7.67 Å². The topological polar surface area (TPSA) is 124 Å². The number of nitrogens with zero attached hydrogens (tertiary/aromatic N) is 1. The summed E-state index contributed by atoms with van der Waals surface area (Å²) < 4.78 is 10.9. The minimum atomic E-state index is -3.87. The lowest BCUT2D eigenvalue weighted by Gasteiger charge is -2.10. The van der Waals surface area contributed by atoms with Crippen molar-refractivity contribution < 1.29 is 14.6 Å². The number of aromatic amines is 1. The van der Waals surface area contributed by atoms with Gasteiger partial charge in [-0.25, -0.2) is 15.1 Å². The molecule has 8 heteroatoms. The molecule has 1 atom stereocenters. The lowest BCUT2D eigenvalue weighted by Crippen LogP contribution is -2.03. The van der Waals surface area contributed by atoms with Crippen LogP contribution in [-0.4, -0.2) is 20.0 Å². The molecule has 0 fully saturated rings. The van der Waals surface area contributed by atoms with Gasteiger partial charge in [-0.3, -0.25) is 0 Å². The molecule has 7 nitrogen and oxygen atoms in total. The van der Waals surface area contributed by atoms with Gasteiger partial charge in [0, 0.05) is 24.1 Å². The molecule has 0 bridgehead atoms. The summed E-state index contributed by atoms with van der Waals surface area (Å²) in [6.45, 7) is 0. The number of phenolic OH excluding ortho intramolecular Hbond substituents is 1. The minimum Gasteiger partial charge on any atom is -0.507 e. The zero-order chi connectivity index (χ0) is 12.5. The third-order valence-electron chi connectivity index (χ3n) is 2.04. The van der Waals surface area contributed by atoms with Crippen LogP contribution in [0.2, 0.25) is 0 Å². The zero-order valence-corrected chi connectivity index (χ0v) is 9.56. The molecule has 2 rings (SSSR count). The smallest absolute Gasteiger partial charge is 0.360 e. The molecular weight excluding hydrogens is 243 g/mol. The third kappa shape index (κ3) is 2.85. The van der Waals surface area contributed by atoms with Gasteiger partial charge in [0.2, 0.25) is 0 Å². The molecule has 0 amide bonds. The number of nitrogens with one attached hydrogen (secondary N) is 2. The normalized spacial score (nSPS) is 14.2. The van der Waals surface area contributed by atoms with E-state index in [9.17, 15) is 9.67 Å². The maximum atomic E-state index is 10.9. The lowest BCUT2D eigenvalue weighted by atomic mass is 10.2. The fraction of sp³-hybridized carbons (Fsp3) is 0. The van der Waals surface area contributed by atoms with Crippen molar-refractivity contribution >= 4 is 13.4 Å². The number of H-pyrrole nitrogens is 1. The average molecular weight is 254 g/mol. The number of aromatic hydroxyl groups is 1. The molecule has 0 saturated heterocycles. The minimum absolute atomic E-state index is 0.0709. The molecular formula is C9H11N4O3P. The van der Waals surface area contributed by atoms with Crippen molar-refractivity contribution in [2.45, 2.75) is 0 Å². The molecule has 17 heavy (non-hydrogen) atoms. The Morgan fingerprint density at radius 1 is 1.47 bits per heavy atom. The van der Waals surface area contributed by atoms with E-state index in [4.69, 9.17) is 10.4 Å². The van der Waals surface area contributed by atoms with E-state index in [2.05, 4.69) is 15.1 Å². The molecule has 0 radical (unpaired) electrons. The first-order valence-corrected chi connectivity index (χ1v) is 6.41. The molecule has 6 N–H and O–H groups in total. The highest BCUT2D eigenvalue weighted by Crippen LogP contribution is 2.35. The summed E-state index contributed by atoms with van der Waals surface area (Å²) in [5.74, 6) is 0.437. The SMILES string of the molecule is NP(=O)(O)Nc1ccc(-c2ncc[nH]2)c(O)c1. The number of anilines is 1. The first kappa shape index (κ1) is 11.7. The summed E-state index contributed by atoms with van der Waals surface area (Å²) in [5, 5.41) is 11.9. The highest BCUT2D eigenvalue weighted by atomic mass is 31.2. The number of phenols is 1. The first-order valence-electron chi connectivity index (χ1n) is 4.68. The Kier molecular flexibility index (Phi) is 2.89. The van der Waals surface area contributed by atoms with Crippen molar-refractivity contribution in [1.29, 1.82) is 0 Å². The average Bonchev–Trinajstić information content (AvgIpc) is 2.68. The van der Waals surface area contributed by atoms with Gasteiger partial charge in [0.1, 0.15) is 11.6 Å². The van der Waals surface area contributed by atoms with Gasteiger partial charge in [-0.2, -0.15) is 0 Å². The second-order valence-corrected chi connectivity index (χ2v) is 4.87. The van der Waals surface area contributed by atoms with E-state index in [1.54, 1.807) is 18.5 Å². The van der Waals surface area contributed by atoms with Gasteiger partial charge < -0.3 is 20.1 Å². The number of hydrogen-bond donors (Lipinski definition) is 5. The molecule has 90 valence electrons. The van der Waals surface area contributed by atoms with Gasteiger partial charge in [0.25, 0.3) is 0 Å². The van der Waals surface area contributed by atoms with Crippen LogP contribution in [0.1, 0.15) is 0 Å². The highest BCUT2D eigenvalue weighted by Gasteiger charge is 2.12. The van der Waals surface area contributed by atoms with Crippen molar-refractivity contribution in [3.8, 4) is 17.1 Å². The Labute approximate surface area is 96.9 Å². The second kappa shape index (κ2) is 4.21. The number of aromatic nitrogens is 2. The van der Waals surface area contributed by atoms with Crippen LogP contribution in [0.3, 0.4) is 0 Å². The van der Waals surface area contributed by atoms with Crippen molar-refractivity contribution in [3.05, 3.63) is 30.6 Å². The molecule has 0 aliphatic carbocycles. The van der Waals surface area contributed by atoms with Crippen molar-refractivity contribution in [2.75, 3.05) is 5.09 Å². The van der Waals surface area contributed by atoms with Crippen molar-refractivity contribution in [3.63, 3.8) is 0 Å². The van der Waals surface area contributed by atoms with Crippen LogP contribution in [0.25, 0.3) is 11.4 Å². The summed E-state index contributed by atoms with van der Waals surface area (Å²) >= 11 is 0. The Morgan fingerprint density at radius 3 is 2.76 bits per heavy atom. The molecule has 0 aliphatic heterocycles. The van der Waals surface area contributed by atoms with E-state index in [-0.39, 0.29) is 11.4 Å². The Balaban J connectivity index is 2.33. The fourth-order valence-electron chi connectivity index (χ4n) is 1.40. The van der Waals surface area contributed by atoms with Gasteiger partial charge in [-0.1, -0.05) is 0 Å². The molecule has 1 heterocycles. The van der Waals surface area contributed by atoms with Crippen molar-refractivity contribution in [1.82, 2.24) is 9.97 Å². The molecule has 0 saturated carbocycles. The van der Waals surface area contributed by atoms with Crippen LogP contribution in [0.5, 0.6) is 5.75 Å². The molecule has 0 spiro atoms. The zero-order valence-electron chi connectivity index (χ0n) is 8.66. The first-order chi connectivity index (χ1) is 7.96. The third-order valence-corrected chi connectivity index (χ3v) is 2.62. The molecule has 1 unspecified atom stereocenters. The molecule has 0 aliphatic rings. The maximum Gasteiger partial charge on any atom is 0.360 e. The summed E-state index contributed by atoms with van der Waals surface area (Å²) in [6.07, 6.45) is 3.19. The molecule has 1 aromatic carbocycles. The van der Waals surface area contributed by atoms with E-state index in [0.29, 0.717) is 11.4 Å². The standard InChI is InChI=1S/C9H11N4O3P/c10-17(15,16)13-6-1-2-7(8(14)5-6)9-11-3-4-12-9/h1-5,14H,(H,11,12)(H4,10,13,15,16). The predicted octanol–water partition coefficient (Wildman–Crippen LogP) is 1.25. The van der Waals surface area contributed by atoms with Crippen LogP contribution in [0.15, 0.2) is 30.6 Å². The van der Waals surface area contributed by atoms with E-state index >= 15 is 0 Å². The van der Waals surface area contributed by atoms with Gasteiger partial charge in [-0.15, -0.1) is 0 Å². The summed E-state index contributed by atoms with van der Waals surface area (Å²) in [4.78, 5) is 15.8. The number of imidazole rings is 1. The van der Waals surface area contributed by atoms with Gasteiger partial charge in [0.15, 0.2) is 0 Å². The number of nitrogens with two attached hydrogens (primary N) is 1. The maximum absolute atomic E-state index is 10.9. The number of rotatable bonds is 3. The number of hydrogen-bond acceptors (Lipinski definition) is 3. The Bertz CT molecular complexity index is 564. The van der Waals surface area contributed by atoms with Crippen LogP contribution in [0.4, 0.5) is 5.69 Å². The van der Waals surface area contributed by atoms with Crippen molar-refractivity contribution in [2.24, 2.45) is 5.50 Å². The summed E-state index contributed by atoms with van der Waals surface area (Å²) in [6, 6.07) is 4.38. The van der Waals surface area contributed by atoms with E-state index in [0.717, 1.165) is 0 Å². The Hall–Kier alpha value is -1.82. The monoisotopic (exact) mass is 254 g/mol. The summed E-state index contributed by atoms with van der Waals surface area (Å²) in [7, 11) is -3.87. The highest BCUT2D eigenvalue weighted by molar-refractivity contribution is 7.57. The second-order valence-electron chi connectivity index (χ2n) is 3.40. The quantitative estimate of drug-likeness (QED) is 0.525.